The summed E-state index contributed by atoms with van der Waals surface area (Å²) in [6.45, 7) is 7.46. The number of pyridine rings is 1. The van der Waals surface area contributed by atoms with E-state index in [-0.39, 0.29) is 18.4 Å². The lowest BCUT2D eigenvalue weighted by Crippen LogP contribution is -2.39. The topological polar surface area (TPSA) is 79.5 Å². The number of aromatic nitrogens is 2. The molecule has 124 valence electrons. The van der Waals surface area contributed by atoms with Crippen LogP contribution in [0.25, 0.3) is 11.1 Å². The largest absolute Gasteiger partial charge is 0.396 e. The minimum atomic E-state index is 0.00184. The van der Waals surface area contributed by atoms with Crippen LogP contribution >= 0.6 is 0 Å². The van der Waals surface area contributed by atoms with Gasteiger partial charge in [-0.3, -0.25) is 4.79 Å². The van der Waals surface area contributed by atoms with Gasteiger partial charge in [0.2, 0.25) is 0 Å². The SMILES string of the molecule is Cc1noc2nc(C(C)C)cc(C(=O)N3CCC(CO)CC3)c12. The van der Waals surface area contributed by atoms with E-state index in [1.165, 1.54) is 0 Å². The maximum absolute atomic E-state index is 13.0. The highest BCUT2D eigenvalue weighted by atomic mass is 16.5. The molecule has 23 heavy (non-hydrogen) atoms. The minimum Gasteiger partial charge on any atom is -0.396 e. The summed E-state index contributed by atoms with van der Waals surface area (Å²) in [5, 5.41) is 13.9. The number of amides is 1. The number of fused-ring (bicyclic) bond motifs is 1. The molecule has 1 saturated heterocycles. The van der Waals surface area contributed by atoms with Gasteiger partial charge in [-0.1, -0.05) is 19.0 Å². The second-order valence-electron chi connectivity index (χ2n) is 6.62. The first-order valence-electron chi connectivity index (χ1n) is 8.18. The van der Waals surface area contributed by atoms with Crippen molar-refractivity contribution in [2.24, 2.45) is 5.92 Å². The van der Waals surface area contributed by atoms with E-state index in [0.29, 0.717) is 41.4 Å². The summed E-state index contributed by atoms with van der Waals surface area (Å²) >= 11 is 0. The quantitative estimate of drug-likeness (QED) is 0.941. The third-order valence-corrected chi connectivity index (χ3v) is 4.62. The Kier molecular flexibility index (Phi) is 4.35. The van der Waals surface area contributed by atoms with Crippen LogP contribution in [0, 0.1) is 12.8 Å². The van der Waals surface area contributed by atoms with E-state index >= 15 is 0 Å². The summed E-state index contributed by atoms with van der Waals surface area (Å²) in [4.78, 5) is 19.3. The first-order valence-corrected chi connectivity index (χ1v) is 8.18. The second-order valence-corrected chi connectivity index (χ2v) is 6.62. The number of likely N-dealkylation sites (tertiary alicyclic amines) is 1. The van der Waals surface area contributed by atoms with Crippen molar-refractivity contribution < 1.29 is 14.4 Å². The van der Waals surface area contributed by atoms with Crippen molar-refractivity contribution in [3.63, 3.8) is 0 Å². The van der Waals surface area contributed by atoms with Gasteiger partial charge in [0, 0.05) is 25.4 Å². The fourth-order valence-electron chi connectivity index (χ4n) is 3.07. The zero-order valence-electron chi connectivity index (χ0n) is 13.9. The molecule has 0 radical (unpaired) electrons. The summed E-state index contributed by atoms with van der Waals surface area (Å²) in [7, 11) is 0. The van der Waals surface area contributed by atoms with Gasteiger partial charge in [-0.05, 0) is 37.7 Å². The Hall–Kier alpha value is -1.95. The van der Waals surface area contributed by atoms with Crippen LogP contribution in [0.5, 0.6) is 0 Å². The third-order valence-electron chi connectivity index (χ3n) is 4.62. The highest BCUT2D eigenvalue weighted by molar-refractivity contribution is 6.06. The molecule has 0 aliphatic carbocycles. The van der Waals surface area contributed by atoms with Crippen LogP contribution in [0.3, 0.4) is 0 Å². The smallest absolute Gasteiger partial charge is 0.259 e. The Labute approximate surface area is 135 Å². The summed E-state index contributed by atoms with van der Waals surface area (Å²) in [5.41, 5.74) is 2.58. The molecule has 0 bridgehead atoms. The van der Waals surface area contributed by atoms with Crippen LogP contribution in [0.4, 0.5) is 0 Å². The number of carbonyl (C=O) groups excluding carboxylic acids is 1. The molecule has 1 aliphatic rings. The standard InChI is InChI=1S/C17H23N3O3/c1-10(2)14-8-13(15-11(3)19-23-16(15)18-14)17(22)20-6-4-12(9-21)5-7-20/h8,10,12,21H,4-7,9H2,1-3H3. The number of rotatable bonds is 3. The van der Waals surface area contributed by atoms with Gasteiger partial charge in [0.1, 0.15) is 0 Å². The van der Waals surface area contributed by atoms with Gasteiger partial charge in [0.15, 0.2) is 0 Å². The lowest BCUT2D eigenvalue weighted by atomic mass is 9.96. The van der Waals surface area contributed by atoms with E-state index in [1.54, 1.807) is 0 Å². The average Bonchev–Trinajstić information content (AvgIpc) is 2.95. The Balaban J connectivity index is 1.97. The van der Waals surface area contributed by atoms with E-state index in [1.807, 2.05) is 31.7 Å². The Morgan fingerprint density at radius 2 is 2.13 bits per heavy atom. The lowest BCUT2D eigenvalue weighted by molar-refractivity contribution is 0.0652. The van der Waals surface area contributed by atoms with E-state index in [4.69, 9.17) is 4.52 Å². The Morgan fingerprint density at radius 3 is 2.74 bits per heavy atom. The lowest BCUT2D eigenvalue weighted by Gasteiger charge is -2.31. The molecule has 0 atom stereocenters. The number of carbonyl (C=O) groups is 1. The molecule has 6 nitrogen and oxygen atoms in total. The predicted octanol–water partition coefficient (Wildman–Crippen LogP) is 2.50. The second kappa shape index (κ2) is 6.28. The van der Waals surface area contributed by atoms with Crippen LogP contribution in [0.1, 0.15) is 54.4 Å². The Morgan fingerprint density at radius 1 is 1.43 bits per heavy atom. The molecule has 1 amide bonds. The zero-order chi connectivity index (χ0) is 16.6. The van der Waals surface area contributed by atoms with Crippen LogP contribution in [-0.4, -0.2) is 45.8 Å². The molecule has 3 rings (SSSR count). The fraction of sp³-hybridized carbons (Fsp3) is 0.588. The van der Waals surface area contributed by atoms with Crippen molar-refractivity contribution in [3.8, 4) is 0 Å². The number of piperidine rings is 1. The maximum atomic E-state index is 13.0. The summed E-state index contributed by atoms with van der Waals surface area (Å²) < 4.78 is 5.29. The van der Waals surface area contributed by atoms with Crippen LogP contribution in [-0.2, 0) is 0 Å². The third kappa shape index (κ3) is 2.95. The van der Waals surface area contributed by atoms with Gasteiger partial charge >= 0.3 is 0 Å². The average molecular weight is 317 g/mol. The molecule has 0 aromatic carbocycles. The predicted molar refractivity (Wildman–Crippen MR) is 86.3 cm³/mol. The Bertz CT molecular complexity index is 715. The fourth-order valence-corrected chi connectivity index (χ4v) is 3.07. The molecule has 0 saturated carbocycles. The number of aliphatic hydroxyl groups excluding tert-OH is 1. The van der Waals surface area contributed by atoms with E-state index < -0.39 is 0 Å². The van der Waals surface area contributed by atoms with Gasteiger partial charge in [-0.15, -0.1) is 0 Å². The molecule has 6 heteroatoms. The van der Waals surface area contributed by atoms with Crippen LogP contribution < -0.4 is 0 Å². The molecule has 0 unspecified atom stereocenters. The van der Waals surface area contributed by atoms with Crippen LogP contribution in [0.15, 0.2) is 10.6 Å². The van der Waals surface area contributed by atoms with Crippen molar-refractivity contribution in [2.45, 2.75) is 39.5 Å². The zero-order valence-corrected chi connectivity index (χ0v) is 13.9. The number of nitrogens with zero attached hydrogens (tertiary/aromatic N) is 3. The van der Waals surface area contributed by atoms with Gasteiger partial charge in [-0.25, -0.2) is 4.98 Å². The van der Waals surface area contributed by atoms with Gasteiger partial charge in [0.25, 0.3) is 11.6 Å². The minimum absolute atomic E-state index is 0.00184. The molecule has 2 aromatic heterocycles. The van der Waals surface area contributed by atoms with Gasteiger partial charge in [-0.2, -0.15) is 0 Å². The van der Waals surface area contributed by atoms with Crippen LogP contribution in [0.2, 0.25) is 0 Å². The number of aryl methyl sites for hydroxylation is 1. The first kappa shape index (κ1) is 15.9. The van der Waals surface area contributed by atoms with Crippen molar-refractivity contribution in [2.75, 3.05) is 19.7 Å². The molecule has 1 aliphatic heterocycles. The van der Waals surface area contributed by atoms with E-state index in [0.717, 1.165) is 18.5 Å². The first-order chi connectivity index (χ1) is 11.0. The van der Waals surface area contributed by atoms with E-state index in [2.05, 4.69) is 10.1 Å². The summed E-state index contributed by atoms with van der Waals surface area (Å²) in [6.07, 6.45) is 1.69. The summed E-state index contributed by atoms with van der Waals surface area (Å²) in [5.74, 6) is 0.513. The maximum Gasteiger partial charge on any atom is 0.259 e. The molecular weight excluding hydrogens is 294 g/mol. The van der Waals surface area contributed by atoms with Crippen molar-refractivity contribution >= 4 is 17.0 Å². The molecular formula is C17H23N3O3. The van der Waals surface area contributed by atoms with Crippen molar-refractivity contribution in [3.05, 3.63) is 23.0 Å². The van der Waals surface area contributed by atoms with Crippen molar-refractivity contribution in [1.82, 2.24) is 15.0 Å². The summed E-state index contributed by atoms with van der Waals surface area (Å²) in [6, 6.07) is 1.87. The van der Waals surface area contributed by atoms with E-state index in [9.17, 15) is 9.90 Å². The monoisotopic (exact) mass is 317 g/mol. The molecule has 1 N–H and O–H groups in total. The molecule has 3 heterocycles. The van der Waals surface area contributed by atoms with Gasteiger partial charge in [0.05, 0.1) is 16.6 Å². The van der Waals surface area contributed by atoms with Crippen molar-refractivity contribution in [1.29, 1.82) is 0 Å². The normalized spacial score (nSPS) is 16.5. The highest BCUT2D eigenvalue weighted by Crippen LogP contribution is 2.27. The number of aliphatic hydroxyl groups is 1. The highest BCUT2D eigenvalue weighted by Gasteiger charge is 2.27. The number of hydrogen-bond acceptors (Lipinski definition) is 5. The number of hydrogen-bond donors (Lipinski definition) is 1. The molecule has 0 spiro atoms. The molecule has 2 aromatic rings. The van der Waals surface area contributed by atoms with Gasteiger partial charge < -0.3 is 14.5 Å². The molecule has 1 fully saturated rings.